The minimum Gasteiger partial charge on any atom is -0.341 e. The number of nitrogens with one attached hydrogen (secondary N) is 1. The normalized spacial score (nSPS) is 19.5. The van der Waals surface area contributed by atoms with Crippen molar-refractivity contribution in [2.45, 2.75) is 51.1 Å². The van der Waals surface area contributed by atoms with Crippen molar-refractivity contribution in [2.24, 2.45) is 0 Å². The van der Waals surface area contributed by atoms with Gasteiger partial charge in [0, 0.05) is 30.5 Å². The van der Waals surface area contributed by atoms with Gasteiger partial charge in [0.2, 0.25) is 0 Å². The van der Waals surface area contributed by atoms with Gasteiger partial charge in [0.25, 0.3) is 5.92 Å². The van der Waals surface area contributed by atoms with E-state index in [1.807, 2.05) is 28.7 Å². The molecule has 1 atom stereocenters. The molecule has 9 nitrogen and oxygen atoms in total. The molecule has 1 fully saturated rings. The van der Waals surface area contributed by atoms with E-state index < -0.39 is 5.92 Å². The minimum atomic E-state index is -2.65. The van der Waals surface area contributed by atoms with E-state index >= 15 is 0 Å². The molecule has 32 heavy (non-hydrogen) atoms. The summed E-state index contributed by atoms with van der Waals surface area (Å²) >= 11 is 1.48. The zero-order chi connectivity index (χ0) is 22.0. The number of rotatable bonds is 4. The Bertz CT molecular complexity index is 1290. The predicted octanol–water partition coefficient (Wildman–Crippen LogP) is 3.95. The number of anilines is 1. The first-order valence-corrected chi connectivity index (χ1v) is 11.2. The van der Waals surface area contributed by atoms with Gasteiger partial charge >= 0.3 is 0 Å². The predicted molar refractivity (Wildman–Crippen MR) is 114 cm³/mol. The van der Waals surface area contributed by atoms with Crippen LogP contribution in [0.3, 0.4) is 0 Å². The molecule has 0 bridgehead atoms. The van der Waals surface area contributed by atoms with Gasteiger partial charge in [-0.2, -0.15) is 5.10 Å². The second kappa shape index (κ2) is 6.86. The average Bonchev–Trinajstić information content (AvgIpc) is 3.51. The average molecular weight is 455 g/mol. The molecule has 4 aromatic rings. The molecule has 0 aromatic carbocycles. The van der Waals surface area contributed by atoms with Crippen LogP contribution in [0.5, 0.6) is 0 Å². The first-order valence-electron chi connectivity index (χ1n) is 10.4. The van der Waals surface area contributed by atoms with Crippen molar-refractivity contribution in [1.29, 1.82) is 0 Å². The molecule has 1 aliphatic heterocycles. The smallest absolute Gasteiger partial charge is 0.252 e. The SMILES string of the molecule is CC[C@@H]1c2nnc(C)n2-c2cnc(-c3cn[nH]c3-c3nccs3)nc2N1C1CC(F)(F)C1. The third-order valence-corrected chi connectivity index (χ3v) is 6.88. The molecule has 6 rings (SSSR count). The van der Waals surface area contributed by atoms with E-state index in [2.05, 4.69) is 30.4 Å². The fourth-order valence-corrected chi connectivity index (χ4v) is 5.25. The van der Waals surface area contributed by atoms with Crippen LogP contribution in [0.4, 0.5) is 14.6 Å². The van der Waals surface area contributed by atoms with Crippen molar-refractivity contribution >= 4 is 17.2 Å². The lowest BCUT2D eigenvalue weighted by Crippen LogP contribution is -2.54. The zero-order valence-corrected chi connectivity index (χ0v) is 18.1. The quantitative estimate of drug-likeness (QED) is 0.497. The summed E-state index contributed by atoms with van der Waals surface area (Å²) in [5.74, 6) is -0.132. The van der Waals surface area contributed by atoms with Crippen molar-refractivity contribution in [1.82, 2.24) is 39.9 Å². The summed E-state index contributed by atoms with van der Waals surface area (Å²) in [6.45, 7) is 3.89. The Kier molecular flexibility index (Phi) is 4.16. The number of halogens is 2. The standard InChI is InChI=1S/C20H19F2N9S/c1-3-13-18-29-27-10(2)30(18)14-9-24-16(12-8-25-28-15(12)19-23-4-5-32-19)26-17(14)31(13)11-6-20(21,22)7-11/h4-5,8-9,11,13H,3,6-7H2,1-2H3,(H,25,28)/t13-/m1/s1. The highest BCUT2D eigenvalue weighted by molar-refractivity contribution is 7.13. The Morgan fingerprint density at radius 2 is 2.06 bits per heavy atom. The van der Waals surface area contributed by atoms with Crippen molar-refractivity contribution < 1.29 is 8.78 Å². The maximum Gasteiger partial charge on any atom is 0.252 e. The fourth-order valence-electron chi connectivity index (χ4n) is 4.61. The fraction of sp³-hybridized carbons (Fsp3) is 0.400. The van der Waals surface area contributed by atoms with Crippen LogP contribution >= 0.6 is 11.3 Å². The summed E-state index contributed by atoms with van der Waals surface area (Å²) in [5.41, 5.74) is 2.14. The third-order valence-electron chi connectivity index (χ3n) is 6.09. The summed E-state index contributed by atoms with van der Waals surface area (Å²) in [6.07, 6.45) is 5.38. The second-order valence-electron chi connectivity index (χ2n) is 8.09. The Balaban J connectivity index is 1.52. The zero-order valence-electron chi connectivity index (χ0n) is 17.3. The van der Waals surface area contributed by atoms with Crippen LogP contribution in [-0.2, 0) is 0 Å². The van der Waals surface area contributed by atoms with Gasteiger partial charge in [-0.25, -0.2) is 23.7 Å². The molecule has 1 N–H and O–H groups in total. The lowest BCUT2D eigenvalue weighted by Gasteiger charge is -2.48. The summed E-state index contributed by atoms with van der Waals surface area (Å²) in [7, 11) is 0. The Morgan fingerprint density at radius 1 is 1.22 bits per heavy atom. The van der Waals surface area contributed by atoms with Crippen LogP contribution < -0.4 is 4.90 Å². The van der Waals surface area contributed by atoms with Crippen LogP contribution in [-0.4, -0.2) is 51.9 Å². The summed E-state index contributed by atoms with van der Waals surface area (Å²) < 4.78 is 29.6. The lowest BCUT2D eigenvalue weighted by molar-refractivity contribution is -0.0878. The van der Waals surface area contributed by atoms with Gasteiger partial charge in [-0.05, 0) is 13.3 Å². The third kappa shape index (κ3) is 2.78. The van der Waals surface area contributed by atoms with E-state index in [9.17, 15) is 8.78 Å². The number of hydrogen-bond donors (Lipinski definition) is 1. The summed E-state index contributed by atoms with van der Waals surface area (Å²) in [6, 6.07) is -0.527. The van der Waals surface area contributed by atoms with Crippen molar-refractivity contribution in [3.63, 3.8) is 0 Å². The lowest BCUT2D eigenvalue weighted by atomic mass is 9.85. The molecular formula is C20H19F2N9S. The number of aromatic nitrogens is 8. The highest BCUT2D eigenvalue weighted by Gasteiger charge is 2.52. The van der Waals surface area contributed by atoms with Gasteiger partial charge in [-0.3, -0.25) is 9.67 Å². The molecule has 2 aliphatic rings. The molecule has 0 saturated heterocycles. The molecular weight excluding hydrogens is 436 g/mol. The number of thiazole rings is 1. The van der Waals surface area contributed by atoms with Crippen molar-refractivity contribution in [3.8, 4) is 27.8 Å². The molecule has 4 aromatic heterocycles. The molecule has 1 saturated carbocycles. The van der Waals surface area contributed by atoms with E-state index in [0.29, 0.717) is 35.1 Å². The maximum absolute atomic E-state index is 13.9. The Morgan fingerprint density at radius 3 is 2.78 bits per heavy atom. The first kappa shape index (κ1) is 19.4. The van der Waals surface area contributed by atoms with Crippen LogP contribution in [0.25, 0.3) is 27.8 Å². The van der Waals surface area contributed by atoms with Gasteiger partial charge < -0.3 is 4.90 Å². The molecule has 0 unspecified atom stereocenters. The molecule has 0 radical (unpaired) electrons. The molecule has 0 amide bonds. The molecule has 0 spiro atoms. The van der Waals surface area contributed by atoms with Gasteiger partial charge in [0.1, 0.15) is 22.2 Å². The van der Waals surface area contributed by atoms with E-state index in [1.54, 1.807) is 18.6 Å². The van der Waals surface area contributed by atoms with Crippen LogP contribution in [0, 0.1) is 6.92 Å². The van der Waals surface area contributed by atoms with Gasteiger partial charge in [0.05, 0.1) is 24.0 Å². The van der Waals surface area contributed by atoms with Crippen LogP contribution in [0.1, 0.15) is 43.9 Å². The van der Waals surface area contributed by atoms with E-state index in [-0.39, 0.29) is 24.9 Å². The van der Waals surface area contributed by atoms with E-state index in [4.69, 9.17) is 4.98 Å². The number of alkyl halides is 2. The maximum atomic E-state index is 13.9. The van der Waals surface area contributed by atoms with Crippen molar-refractivity contribution in [3.05, 3.63) is 35.6 Å². The van der Waals surface area contributed by atoms with Crippen LogP contribution in [0.15, 0.2) is 24.0 Å². The van der Waals surface area contributed by atoms with Gasteiger partial charge in [0.15, 0.2) is 17.5 Å². The Hall–Kier alpha value is -3.28. The number of nitrogens with zero attached hydrogens (tertiary/aromatic N) is 8. The largest absolute Gasteiger partial charge is 0.341 e. The van der Waals surface area contributed by atoms with E-state index in [1.165, 1.54) is 11.3 Å². The monoisotopic (exact) mass is 455 g/mol. The topological polar surface area (TPSA) is 101 Å². The van der Waals surface area contributed by atoms with Gasteiger partial charge in [-0.1, -0.05) is 6.92 Å². The number of hydrogen-bond acceptors (Lipinski definition) is 8. The van der Waals surface area contributed by atoms with Gasteiger partial charge in [-0.15, -0.1) is 21.5 Å². The molecule has 5 heterocycles. The summed E-state index contributed by atoms with van der Waals surface area (Å²) in [5, 5.41) is 18.4. The first-order chi connectivity index (χ1) is 15.5. The molecule has 12 heteroatoms. The molecule has 164 valence electrons. The number of H-pyrrole nitrogens is 1. The number of aryl methyl sites for hydroxylation is 1. The summed E-state index contributed by atoms with van der Waals surface area (Å²) in [4.78, 5) is 15.8. The van der Waals surface area contributed by atoms with Crippen molar-refractivity contribution in [2.75, 3.05) is 4.90 Å². The van der Waals surface area contributed by atoms with Crippen LogP contribution in [0.2, 0.25) is 0 Å². The number of aromatic amines is 1. The highest BCUT2D eigenvalue weighted by Crippen LogP contribution is 2.49. The number of fused-ring (bicyclic) bond motifs is 3. The highest BCUT2D eigenvalue weighted by atomic mass is 32.1. The molecule has 1 aliphatic carbocycles. The minimum absolute atomic E-state index is 0.199. The second-order valence-corrected chi connectivity index (χ2v) is 8.98. The Labute approximate surface area is 185 Å². The van der Waals surface area contributed by atoms with E-state index in [0.717, 1.165) is 16.5 Å².